The van der Waals surface area contributed by atoms with E-state index < -0.39 is 10.0 Å². The van der Waals surface area contributed by atoms with E-state index in [0.29, 0.717) is 60.0 Å². The number of hydrogen-bond acceptors (Lipinski definition) is 14. The maximum absolute atomic E-state index is 11.5. The van der Waals surface area contributed by atoms with Gasteiger partial charge in [0.05, 0.1) is 30.5 Å². The maximum atomic E-state index is 11.5. The normalized spacial score (nSPS) is 13.6. The molecule has 68 heavy (non-hydrogen) atoms. The lowest BCUT2D eigenvalue weighted by atomic mass is 10.0. The number of rotatable bonds is 6. The van der Waals surface area contributed by atoms with Crippen molar-refractivity contribution < 1.29 is 12.9 Å². The first-order valence-corrected chi connectivity index (χ1v) is 25.1. The monoisotopic (exact) mass is 944 g/mol. The summed E-state index contributed by atoms with van der Waals surface area (Å²) in [4.78, 5) is 43.7. The van der Waals surface area contributed by atoms with E-state index in [1.165, 1.54) is 50.9 Å². The average Bonchev–Trinajstić information content (AvgIpc) is 4.01. The number of hydrogen-bond donors (Lipinski definition) is 3. The molecule has 18 heteroatoms. The van der Waals surface area contributed by atoms with Gasteiger partial charge in [-0.3, -0.25) is 9.89 Å². The summed E-state index contributed by atoms with van der Waals surface area (Å²) in [7, 11) is -3.12. The van der Waals surface area contributed by atoms with Crippen LogP contribution in [0.25, 0.3) is 32.9 Å². The van der Waals surface area contributed by atoms with Crippen molar-refractivity contribution in [1.29, 1.82) is 0 Å². The zero-order valence-electron chi connectivity index (χ0n) is 41.1. The van der Waals surface area contributed by atoms with Gasteiger partial charge in [0, 0.05) is 109 Å². The Bertz CT molecular complexity index is 3010. The molecule has 6 aromatic heterocycles. The molecule has 0 aliphatic carbocycles. The van der Waals surface area contributed by atoms with E-state index in [2.05, 4.69) is 126 Å². The van der Waals surface area contributed by atoms with E-state index >= 15 is 0 Å². The summed E-state index contributed by atoms with van der Waals surface area (Å²) in [6.45, 7) is 23.9. The van der Waals surface area contributed by atoms with Crippen LogP contribution >= 0.6 is 0 Å². The lowest BCUT2D eigenvalue weighted by Crippen LogP contribution is -2.35. The van der Waals surface area contributed by atoms with Gasteiger partial charge in [-0.15, -0.1) is 0 Å². The molecule has 0 spiro atoms. The molecule has 0 amide bonds. The third-order valence-electron chi connectivity index (χ3n) is 11.4. The molecule has 10 rings (SSSR count). The second kappa shape index (κ2) is 23.1. The molecule has 0 atom stereocenters. The first kappa shape index (κ1) is 51.0. The Kier molecular flexibility index (Phi) is 17.3. The minimum absolute atomic E-state index is 0.203. The van der Waals surface area contributed by atoms with Gasteiger partial charge in [0.2, 0.25) is 10.0 Å². The Labute approximate surface area is 398 Å². The maximum Gasteiger partial charge on any atom is 0.261 e. The summed E-state index contributed by atoms with van der Waals surface area (Å²) < 4.78 is 29.4. The van der Waals surface area contributed by atoms with Gasteiger partial charge < -0.3 is 14.8 Å². The second-order valence-electron chi connectivity index (χ2n) is 18.5. The van der Waals surface area contributed by atoms with Crippen LogP contribution in [-0.2, 0) is 36.0 Å². The van der Waals surface area contributed by atoms with Crippen LogP contribution in [0.4, 0.5) is 0 Å². The number of H-pyrrole nitrogens is 2. The van der Waals surface area contributed by atoms with E-state index in [9.17, 15) is 13.2 Å². The van der Waals surface area contributed by atoms with Gasteiger partial charge >= 0.3 is 0 Å². The number of sulfonamides is 1. The quantitative estimate of drug-likeness (QED) is 0.142. The fourth-order valence-corrected chi connectivity index (χ4v) is 7.90. The minimum atomic E-state index is -3.12. The van der Waals surface area contributed by atoms with Gasteiger partial charge in [-0.1, -0.05) is 92.6 Å². The van der Waals surface area contributed by atoms with Crippen molar-refractivity contribution in [2.75, 3.05) is 19.3 Å². The van der Waals surface area contributed by atoms with Gasteiger partial charge in [0.25, 0.3) is 5.56 Å². The van der Waals surface area contributed by atoms with Crippen molar-refractivity contribution in [2.24, 2.45) is 0 Å². The topological polar surface area (TPSA) is 227 Å². The molecule has 2 aromatic carbocycles. The molecule has 360 valence electrons. The smallest absolute Gasteiger partial charge is 0.261 e. The van der Waals surface area contributed by atoms with E-state index in [1.807, 2.05) is 52.2 Å². The Morgan fingerprint density at radius 3 is 1.91 bits per heavy atom. The second-order valence-corrected chi connectivity index (χ2v) is 20.5. The van der Waals surface area contributed by atoms with E-state index in [0.717, 1.165) is 58.9 Å². The number of nitrogens with zero attached hydrogens (tertiary/aromatic N) is 10. The van der Waals surface area contributed by atoms with E-state index in [4.69, 9.17) is 4.52 Å². The van der Waals surface area contributed by atoms with Gasteiger partial charge in [-0.25, -0.2) is 43.3 Å². The molecule has 2 aliphatic heterocycles. The Hall–Kier alpha value is -6.37. The molecule has 0 fully saturated rings. The fourth-order valence-electron chi connectivity index (χ4n) is 7.10. The molecular formula is C50H65N13O4S. The highest BCUT2D eigenvalue weighted by Crippen LogP contribution is 2.23. The van der Waals surface area contributed by atoms with Crippen molar-refractivity contribution in [3.05, 3.63) is 135 Å². The average molecular weight is 944 g/mol. The molecule has 8 heterocycles. The third kappa shape index (κ3) is 13.6. The van der Waals surface area contributed by atoms with Gasteiger partial charge in [-0.05, 0) is 41.2 Å². The Morgan fingerprint density at radius 2 is 1.26 bits per heavy atom. The molecule has 3 N–H and O–H groups in total. The van der Waals surface area contributed by atoms with Crippen LogP contribution < -0.4 is 10.9 Å². The summed E-state index contributed by atoms with van der Waals surface area (Å²) in [5, 5.41) is 16.7. The number of fused-ring (bicyclic) bond motifs is 5. The molecule has 2 aliphatic rings. The molecule has 8 aromatic rings. The summed E-state index contributed by atoms with van der Waals surface area (Å²) in [5.41, 5.74) is 9.30. The van der Waals surface area contributed by atoms with E-state index in [1.54, 1.807) is 12.4 Å². The molecule has 0 unspecified atom stereocenters. The Balaban J connectivity index is 0.000000141. The van der Waals surface area contributed by atoms with Gasteiger partial charge in [0.1, 0.15) is 22.9 Å². The molecule has 0 saturated carbocycles. The molecule has 0 bridgehead atoms. The summed E-state index contributed by atoms with van der Waals surface area (Å²) in [6, 6.07) is 12.6. The van der Waals surface area contributed by atoms with Gasteiger partial charge in [-0.2, -0.15) is 9.40 Å². The lowest BCUT2D eigenvalue weighted by molar-refractivity contribution is 0.389. The summed E-state index contributed by atoms with van der Waals surface area (Å²) >= 11 is 0. The zero-order valence-corrected chi connectivity index (χ0v) is 41.9. The lowest BCUT2D eigenvalue weighted by Gasteiger charge is -2.26. The molecule has 0 radical (unpaired) electrons. The number of aromatic amines is 2. The van der Waals surface area contributed by atoms with Crippen molar-refractivity contribution in [3.63, 3.8) is 0 Å². The third-order valence-corrected chi connectivity index (χ3v) is 12.6. The standard InChI is InChI=1S/C11H17N3O2S.C10H15N3.C10H12N2.C10H11NO.C9H10N4O/c1-8(2)11-12-6-9-7-14(17(3,15)16)5-4-10(9)13-11;1-7(2)10-12-6-8-5-11-4-3-9(8)13-10;2*1-7(2)8-3-4-9-6-11-12-10(9)5-8;1-5(2)7-10-3-6-8(13-7)11-4-12-9(6)14/h6,8H,4-5,7H2,1-3H3;6-7,11H,3-5H2,1-2H3;3-7H,1-2H3,(H,11,12);3-7H,1-2H3;3-5H,1-2H3,(H,10,11,12,13,14). The predicted molar refractivity (Wildman–Crippen MR) is 267 cm³/mol. The van der Waals surface area contributed by atoms with Crippen LogP contribution in [0.3, 0.4) is 0 Å². The molecule has 0 saturated heterocycles. The van der Waals surface area contributed by atoms with Crippen molar-refractivity contribution in [3.8, 4) is 0 Å². The molecule has 17 nitrogen and oxygen atoms in total. The number of nitrogens with one attached hydrogen (secondary N) is 3. The van der Waals surface area contributed by atoms with Crippen molar-refractivity contribution >= 4 is 42.9 Å². The van der Waals surface area contributed by atoms with Crippen LogP contribution in [0.15, 0.2) is 83.0 Å². The van der Waals surface area contributed by atoms with Crippen LogP contribution in [-0.4, -0.2) is 87.3 Å². The highest BCUT2D eigenvalue weighted by atomic mass is 32.2. The SMILES string of the molecule is CC(C)c1ccc2cn[nH]c2c1.CC(C)c1ccc2cnoc2c1.CC(C)c1ncc2c(=O)[nH]cnc2n1.CC(C)c1ncc2c(n1)CCN(S(C)(=O)=O)C2.CC(C)c1ncc2c(n1)CCNC2. The van der Waals surface area contributed by atoms with E-state index in [-0.39, 0.29) is 11.5 Å². The number of benzene rings is 2. The van der Waals surface area contributed by atoms with Crippen LogP contribution in [0.5, 0.6) is 0 Å². The predicted octanol–water partition coefficient (Wildman–Crippen LogP) is 8.64. The fraction of sp³-hybridized carbons (Fsp3) is 0.440. The van der Waals surface area contributed by atoms with Gasteiger partial charge in [0.15, 0.2) is 11.2 Å². The number of aromatic nitrogens is 11. The summed E-state index contributed by atoms with van der Waals surface area (Å²) in [5.74, 6) is 4.60. The summed E-state index contributed by atoms with van der Waals surface area (Å²) in [6.07, 6.45) is 13.1. The van der Waals surface area contributed by atoms with Crippen LogP contribution in [0.1, 0.15) is 150 Å². The minimum Gasteiger partial charge on any atom is -0.356 e. The van der Waals surface area contributed by atoms with Crippen molar-refractivity contribution in [2.45, 2.75) is 125 Å². The zero-order chi connectivity index (χ0) is 49.1. The van der Waals surface area contributed by atoms with Crippen LogP contribution in [0.2, 0.25) is 0 Å². The van der Waals surface area contributed by atoms with Crippen molar-refractivity contribution in [1.82, 2.24) is 64.8 Å². The first-order valence-electron chi connectivity index (χ1n) is 23.2. The molecular weight excluding hydrogens is 879 g/mol. The highest BCUT2D eigenvalue weighted by Gasteiger charge is 2.25. The highest BCUT2D eigenvalue weighted by molar-refractivity contribution is 7.88. The van der Waals surface area contributed by atoms with Crippen LogP contribution in [0, 0.1) is 0 Å². The largest absolute Gasteiger partial charge is 0.356 e. The first-order chi connectivity index (χ1) is 32.4. The Morgan fingerprint density at radius 1 is 0.662 bits per heavy atom.